The topological polar surface area (TPSA) is 81.4 Å². The van der Waals surface area contributed by atoms with Gasteiger partial charge in [0.1, 0.15) is 11.6 Å². The Balaban J connectivity index is 1.48. The first-order chi connectivity index (χ1) is 13.6. The van der Waals surface area contributed by atoms with Crippen LogP contribution in [-0.4, -0.2) is 38.4 Å². The van der Waals surface area contributed by atoms with Crippen LogP contribution in [0.25, 0.3) is 16.6 Å². The first kappa shape index (κ1) is 18.2. The average molecular weight is 393 g/mol. The van der Waals surface area contributed by atoms with Crippen LogP contribution in [-0.2, 0) is 11.3 Å². The summed E-state index contributed by atoms with van der Waals surface area (Å²) in [5.74, 6) is 1.60. The first-order valence-corrected chi connectivity index (χ1v) is 9.77. The zero-order valence-electron chi connectivity index (χ0n) is 15.5. The molecule has 0 aliphatic rings. The number of fused-ring (bicyclic) bond motifs is 3. The molecule has 0 radical (unpaired) electrons. The van der Waals surface area contributed by atoms with E-state index < -0.39 is 0 Å². The number of rotatable bonds is 6. The minimum atomic E-state index is -0.0761. The fourth-order valence-electron chi connectivity index (χ4n) is 2.89. The lowest BCUT2D eigenvalue weighted by Crippen LogP contribution is -2.24. The Hall–Kier alpha value is -3.13. The molecule has 28 heavy (non-hydrogen) atoms. The van der Waals surface area contributed by atoms with Crippen molar-refractivity contribution in [2.75, 3.05) is 12.9 Å². The number of aromatic nitrogens is 4. The molecule has 4 aromatic rings. The average Bonchev–Trinajstić information content (AvgIpc) is 3.12. The van der Waals surface area contributed by atoms with Crippen LogP contribution in [0.3, 0.4) is 0 Å². The molecule has 0 aliphatic heterocycles. The van der Waals surface area contributed by atoms with Gasteiger partial charge in [0.05, 0.1) is 18.4 Å². The van der Waals surface area contributed by atoms with Gasteiger partial charge in [-0.3, -0.25) is 4.79 Å². The van der Waals surface area contributed by atoms with Crippen LogP contribution < -0.4 is 10.1 Å². The zero-order valence-corrected chi connectivity index (χ0v) is 16.4. The highest BCUT2D eigenvalue weighted by molar-refractivity contribution is 7.99. The molecule has 0 unspecified atom stereocenters. The Morgan fingerprint density at radius 2 is 2.04 bits per heavy atom. The molecule has 4 rings (SSSR count). The van der Waals surface area contributed by atoms with E-state index in [1.54, 1.807) is 11.6 Å². The van der Waals surface area contributed by atoms with E-state index >= 15 is 0 Å². The smallest absolute Gasteiger partial charge is 0.230 e. The molecular weight excluding hydrogens is 374 g/mol. The molecule has 1 N–H and O–H groups in total. The predicted octanol–water partition coefficient (Wildman–Crippen LogP) is 3.00. The SMILES string of the molecule is COc1cccc(CNC(=O)CSc2nc3ccccc3c3nc(C)nn23)c1. The second-order valence-electron chi connectivity index (χ2n) is 6.22. The normalized spacial score (nSPS) is 11.1. The number of aryl methyl sites for hydroxylation is 1. The van der Waals surface area contributed by atoms with Crippen LogP contribution in [0.2, 0.25) is 0 Å². The van der Waals surface area contributed by atoms with Crippen LogP contribution in [0.4, 0.5) is 0 Å². The second-order valence-corrected chi connectivity index (χ2v) is 7.17. The number of amides is 1. The molecule has 0 spiro atoms. The van der Waals surface area contributed by atoms with Crippen molar-refractivity contribution in [2.45, 2.75) is 18.6 Å². The molecule has 2 aromatic carbocycles. The number of nitrogens with one attached hydrogen (secondary N) is 1. The Morgan fingerprint density at radius 3 is 2.89 bits per heavy atom. The number of benzene rings is 2. The highest BCUT2D eigenvalue weighted by Crippen LogP contribution is 2.23. The van der Waals surface area contributed by atoms with Crippen molar-refractivity contribution in [3.8, 4) is 5.75 Å². The van der Waals surface area contributed by atoms with E-state index in [2.05, 4.69) is 20.4 Å². The Kier molecular flexibility index (Phi) is 5.12. The van der Waals surface area contributed by atoms with E-state index in [0.717, 1.165) is 27.9 Å². The van der Waals surface area contributed by atoms with Gasteiger partial charge in [-0.1, -0.05) is 36.0 Å². The summed E-state index contributed by atoms with van der Waals surface area (Å²) in [7, 11) is 1.62. The molecular formula is C20H19N5O2S. The molecule has 142 valence electrons. The number of hydrogen-bond acceptors (Lipinski definition) is 6. The van der Waals surface area contributed by atoms with Crippen LogP contribution in [0, 0.1) is 6.92 Å². The van der Waals surface area contributed by atoms with Crippen LogP contribution in [0.1, 0.15) is 11.4 Å². The van der Waals surface area contributed by atoms with Gasteiger partial charge in [-0.25, -0.2) is 9.97 Å². The minimum Gasteiger partial charge on any atom is -0.497 e. The van der Waals surface area contributed by atoms with Gasteiger partial charge >= 0.3 is 0 Å². The summed E-state index contributed by atoms with van der Waals surface area (Å²) in [6.07, 6.45) is 0. The monoisotopic (exact) mass is 393 g/mol. The first-order valence-electron chi connectivity index (χ1n) is 8.78. The van der Waals surface area contributed by atoms with Crippen molar-refractivity contribution in [3.63, 3.8) is 0 Å². The van der Waals surface area contributed by atoms with Crippen LogP contribution in [0.15, 0.2) is 53.7 Å². The van der Waals surface area contributed by atoms with Crippen LogP contribution in [0.5, 0.6) is 5.75 Å². The fraction of sp³-hybridized carbons (Fsp3) is 0.200. The highest BCUT2D eigenvalue weighted by atomic mass is 32.2. The summed E-state index contributed by atoms with van der Waals surface area (Å²) in [4.78, 5) is 21.5. The van der Waals surface area contributed by atoms with Gasteiger partial charge in [0, 0.05) is 11.9 Å². The zero-order chi connectivity index (χ0) is 19.5. The summed E-state index contributed by atoms with van der Waals surface area (Å²) in [6, 6.07) is 15.4. The standard InChI is InChI=1S/C20H19N5O2S/c1-13-22-19-16-8-3-4-9-17(16)23-20(25(19)24-13)28-12-18(26)21-11-14-6-5-7-15(10-14)27-2/h3-10H,11-12H2,1-2H3,(H,21,26). The lowest BCUT2D eigenvalue weighted by molar-refractivity contribution is -0.118. The van der Waals surface area contributed by atoms with E-state index in [-0.39, 0.29) is 11.7 Å². The predicted molar refractivity (Wildman–Crippen MR) is 109 cm³/mol. The largest absolute Gasteiger partial charge is 0.497 e. The van der Waals surface area contributed by atoms with E-state index in [4.69, 9.17) is 4.74 Å². The van der Waals surface area contributed by atoms with Crippen molar-refractivity contribution in [1.82, 2.24) is 24.9 Å². The summed E-state index contributed by atoms with van der Waals surface area (Å²) in [5.41, 5.74) is 2.57. The van der Waals surface area contributed by atoms with Gasteiger partial charge in [0.2, 0.25) is 5.91 Å². The minimum absolute atomic E-state index is 0.0761. The number of methoxy groups -OCH3 is 1. The van der Waals surface area contributed by atoms with Gasteiger partial charge in [0.25, 0.3) is 0 Å². The molecule has 0 aliphatic carbocycles. The summed E-state index contributed by atoms with van der Waals surface area (Å²) < 4.78 is 6.91. The number of thioether (sulfide) groups is 1. The van der Waals surface area contributed by atoms with Crippen molar-refractivity contribution < 1.29 is 9.53 Å². The van der Waals surface area contributed by atoms with E-state index in [1.165, 1.54) is 11.8 Å². The molecule has 7 nitrogen and oxygen atoms in total. The maximum atomic E-state index is 12.3. The van der Waals surface area contributed by atoms with Crippen LogP contribution >= 0.6 is 11.8 Å². The molecule has 0 saturated heterocycles. The van der Waals surface area contributed by atoms with Gasteiger partial charge in [0.15, 0.2) is 10.8 Å². The third-order valence-electron chi connectivity index (χ3n) is 4.21. The third kappa shape index (κ3) is 3.77. The Bertz CT molecular complexity index is 1160. The quantitative estimate of drug-likeness (QED) is 0.401. The summed E-state index contributed by atoms with van der Waals surface area (Å²) in [6.45, 7) is 2.29. The van der Waals surface area contributed by atoms with Crippen molar-refractivity contribution >= 4 is 34.2 Å². The lowest BCUT2D eigenvalue weighted by atomic mass is 10.2. The molecule has 0 fully saturated rings. The molecule has 0 atom stereocenters. The Labute approximate surface area is 166 Å². The van der Waals surface area contributed by atoms with Gasteiger partial charge in [-0.15, -0.1) is 5.10 Å². The molecule has 0 saturated carbocycles. The number of hydrogen-bond donors (Lipinski definition) is 1. The maximum Gasteiger partial charge on any atom is 0.230 e. The Morgan fingerprint density at radius 1 is 1.18 bits per heavy atom. The van der Waals surface area contributed by atoms with Crippen molar-refractivity contribution in [3.05, 3.63) is 59.9 Å². The summed E-state index contributed by atoms with van der Waals surface area (Å²) >= 11 is 1.34. The van der Waals surface area contributed by atoms with Gasteiger partial charge in [-0.2, -0.15) is 4.52 Å². The summed E-state index contributed by atoms with van der Waals surface area (Å²) in [5, 5.41) is 8.94. The number of carbonyl (C=O) groups is 1. The second kappa shape index (κ2) is 7.85. The molecule has 8 heteroatoms. The third-order valence-corrected chi connectivity index (χ3v) is 5.14. The van der Waals surface area contributed by atoms with Crippen molar-refractivity contribution in [1.29, 1.82) is 0 Å². The molecule has 2 heterocycles. The van der Waals surface area contributed by atoms with E-state index in [9.17, 15) is 4.79 Å². The molecule has 1 amide bonds. The number of para-hydroxylation sites is 1. The molecule has 0 bridgehead atoms. The molecule has 2 aromatic heterocycles. The van der Waals surface area contributed by atoms with Gasteiger partial charge < -0.3 is 10.1 Å². The van der Waals surface area contributed by atoms with E-state index in [1.807, 2.05) is 55.5 Å². The van der Waals surface area contributed by atoms with E-state index in [0.29, 0.717) is 17.5 Å². The van der Waals surface area contributed by atoms with Gasteiger partial charge in [-0.05, 0) is 36.8 Å². The number of nitrogens with zero attached hydrogens (tertiary/aromatic N) is 4. The van der Waals surface area contributed by atoms with Crippen molar-refractivity contribution in [2.24, 2.45) is 0 Å². The lowest BCUT2D eigenvalue weighted by Gasteiger charge is -2.08. The number of carbonyl (C=O) groups excluding carboxylic acids is 1. The number of ether oxygens (including phenoxy) is 1. The fourth-order valence-corrected chi connectivity index (χ4v) is 3.67. The maximum absolute atomic E-state index is 12.3. The highest BCUT2D eigenvalue weighted by Gasteiger charge is 2.13.